The maximum Gasteiger partial charge on any atom is 0.318 e. The van der Waals surface area contributed by atoms with E-state index in [4.69, 9.17) is 4.74 Å². The van der Waals surface area contributed by atoms with Crippen molar-refractivity contribution in [3.63, 3.8) is 0 Å². The van der Waals surface area contributed by atoms with E-state index in [1.165, 1.54) is 0 Å². The first-order valence-electron chi connectivity index (χ1n) is 8.68. The van der Waals surface area contributed by atoms with Gasteiger partial charge in [0.25, 0.3) is 0 Å². The van der Waals surface area contributed by atoms with Crippen molar-refractivity contribution in [3.05, 3.63) is 29.8 Å². The quantitative estimate of drug-likeness (QED) is 0.888. The van der Waals surface area contributed by atoms with E-state index in [1.807, 2.05) is 49.9 Å². The summed E-state index contributed by atoms with van der Waals surface area (Å²) in [5.74, 6) is 0.794. The molecule has 1 aromatic rings. The van der Waals surface area contributed by atoms with E-state index in [9.17, 15) is 9.90 Å². The summed E-state index contributed by atoms with van der Waals surface area (Å²) in [6, 6.07) is 7.93. The van der Waals surface area contributed by atoms with Gasteiger partial charge in [-0.3, -0.25) is 0 Å². The average Bonchev–Trinajstić information content (AvgIpc) is 2.52. The minimum atomic E-state index is -0.280. The van der Waals surface area contributed by atoms with Crippen molar-refractivity contribution < 1.29 is 14.6 Å². The van der Waals surface area contributed by atoms with Gasteiger partial charge in [0.15, 0.2) is 0 Å². The molecule has 0 heterocycles. The zero-order valence-corrected chi connectivity index (χ0v) is 15.2. The van der Waals surface area contributed by atoms with Gasteiger partial charge in [-0.05, 0) is 64.2 Å². The van der Waals surface area contributed by atoms with E-state index in [-0.39, 0.29) is 23.7 Å². The van der Waals surface area contributed by atoms with Gasteiger partial charge in [0.05, 0.1) is 13.2 Å². The maximum absolute atomic E-state index is 12.8. The number of nitrogens with zero attached hydrogens (tertiary/aromatic N) is 1. The van der Waals surface area contributed by atoms with Crippen LogP contribution in [0.3, 0.4) is 0 Å². The van der Waals surface area contributed by atoms with Crippen molar-refractivity contribution in [2.24, 2.45) is 0 Å². The van der Waals surface area contributed by atoms with Gasteiger partial charge >= 0.3 is 6.03 Å². The third-order valence-corrected chi connectivity index (χ3v) is 4.34. The summed E-state index contributed by atoms with van der Waals surface area (Å²) < 4.78 is 5.28. The molecule has 1 aromatic carbocycles. The molecule has 0 radical (unpaired) electrons. The molecule has 24 heavy (non-hydrogen) atoms. The van der Waals surface area contributed by atoms with Crippen LogP contribution >= 0.6 is 0 Å². The van der Waals surface area contributed by atoms with Crippen molar-refractivity contribution in [2.45, 2.75) is 70.7 Å². The Morgan fingerprint density at radius 2 is 1.96 bits per heavy atom. The zero-order valence-electron chi connectivity index (χ0n) is 15.2. The highest BCUT2D eigenvalue weighted by Crippen LogP contribution is 2.26. The summed E-state index contributed by atoms with van der Waals surface area (Å²) >= 11 is 0. The third kappa shape index (κ3) is 5.41. The fourth-order valence-corrected chi connectivity index (χ4v) is 3.10. The van der Waals surface area contributed by atoms with Crippen LogP contribution in [0, 0.1) is 0 Å². The monoisotopic (exact) mass is 334 g/mol. The summed E-state index contributed by atoms with van der Waals surface area (Å²) in [4.78, 5) is 14.7. The lowest BCUT2D eigenvalue weighted by molar-refractivity contribution is 0.0801. The predicted molar refractivity (Wildman–Crippen MR) is 95.1 cm³/mol. The number of hydrogen-bond donors (Lipinski definition) is 2. The molecule has 2 N–H and O–H groups in total. The Hall–Kier alpha value is -1.75. The number of carbonyl (C=O) groups excluding carboxylic acids is 1. The summed E-state index contributed by atoms with van der Waals surface area (Å²) in [7, 11) is 1.64. The van der Waals surface area contributed by atoms with Gasteiger partial charge in [-0.2, -0.15) is 0 Å². The molecule has 1 saturated carbocycles. The second-order valence-electron chi connectivity index (χ2n) is 7.62. The molecule has 1 aliphatic rings. The first-order valence-corrected chi connectivity index (χ1v) is 8.68. The average molecular weight is 334 g/mol. The molecule has 5 heteroatoms. The Bertz CT molecular complexity index is 546. The van der Waals surface area contributed by atoms with Gasteiger partial charge < -0.3 is 20.1 Å². The molecule has 0 saturated heterocycles. The molecule has 1 aliphatic carbocycles. The van der Waals surface area contributed by atoms with E-state index < -0.39 is 0 Å². The van der Waals surface area contributed by atoms with Crippen LogP contribution in [0.25, 0.3) is 0 Å². The first kappa shape index (κ1) is 18.6. The topological polar surface area (TPSA) is 61.8 Å². The van der Waals surface area contributed by atoms with E-state index >= 15 is 0 Å². The second kappa shape index (κ2) is 7.88. The number of benzene rings is 1. The first-order chi connectivity index (χ1) is 11.3. The van der Waals surface area contributed by atoms with E-state index in [2.05, 4.69) is 5.32 Å². The van der Waals surface area contributed by atoms with Crippen molar-refractivity contribution in [1.29, 1.82) is 0 Å². The number of rotatable bonds is 4. The Kier molecular flexibility index (Phi) is 6.10. The van der Waals surface area contributed by atoms with Crippen LogP contribution in [0.4, 0.5) is 4.79 Å². The van der Waals surface area contributed by atoms with Crippen LogP contribution in [-0.4, -0.2) is 40.8 Å². The minimum absolute atomic E-state index is 0.0493. The minimum Gasteiger partial charge on any atom is -0.497 e. The van der Waals surface area contributed by atoms with Crippen molar-refractivity contribution in [1.82, 2.24) is 10.2 Å². The second-order valence-corrected chi connectivity index (χ2v) is 7.62. The van der Waals surface area contributed by atoms with E-state index in [0.29, 0.717) is 6.54 Å². The Labute approximate surface area is 145 Å². The molecular weight excluding hydrogens is 304 g/mol. The predicted octanol–water partition coefficient (Wildman–Crippen LogP) is 3.31. The van der Waals surface area contributed by atoms with Crippen LogP contribution in [0.2, 0.25) is 0 Å². The molecule has 134 valence electrons. The molecule has 0 unspecified atom stereocenters. The van der Waals surface area contributed by atoms with Gasteiger partial charge in [0, 0.05) is 18.1 Å². The molecule has 0 aromatic heterocycles. The fraction of sp³-hybridized carbons (Fsp3) is 0.632. The van der Waals surface area contributed by atoms with Gasteiger partial charge in [0.1, 0.15) is 5.75 Å². The largest absolute Gasteiger partial charge is 0.497 e. The van der Waals surface area contributed by atoms with Gasteiger partial charge in [-0.15, -0.1) is 0 Å². The molecule has 1 fully saturated rings. The smallest absolute Gasteiger partial charge is 0.318 e. The van der Waals surface area contributed by atoms with E-state index in [0.717, 1.165) is 37.0 Å². The molecule has 0 bridgehead atoms. The fourth-order valence-electron chi connectivity index (χ4n) is 3.10. The molecule has 2 rings (SSSR count). The number of hydrogen-bond acceptors (Lipinski definition) is 3. The van der Waals surface area contributed by atoms with Crippen molar-refractivity contribution in [3.8, 4) is 5.75 Å². The zero-order chi connectivity index (χ0) is 17.7. The highest BCUT2D eigenvalue weighted by Gasteiger charge is 2.30. The number of amides is 2. The summed E-state index contributed by atoms with van der Waals surface area (Å²) in [6.07, 6.45) is 2.95. The van der Waals surface area contributed by atoms with Crippen LogP contribution < -0.4 is 10.1 Å². The van der Waals surface area contributed by atoms with Crippen LogP contribution in [0.15, 0.2) is 24.3 Å². The number of nitrogens with one attached hydrogen (secondary N) is 1. The standard InChI is InChI=1S/C19H30N2O3/c1-19(2,3)20-18(23)21(15-8-10-16(22)11-9-15)13-14-6-5-7-17(12-14)24-4/h5-7,12,15-16,22H,8-11,13H2,1-4H3,(H,20,23). The number of methoxy groups -OCH3 is 1. The molecule has 0 spiro atoms. The van der Waals surface area contributed by atoms with Gasteiger partial charge in [-0.1, -0.05) is 12.1 Å². The normalized spacial score (nSPS) is 21.2. The SMILES string of the molecule is COc1cccc(CN(C(=O)NC(C)(C)C)C2CCC(O)CC2)c1. The van der Waals surface area contributed by atoms with Crippen LogP contribution in [0.1, 0.15) is 52.0 Å². The maximum atomic E-state index is 12.8. The number of carbonyl (C=O) groups is 1. The molecular formula is C19H30N2O3. The molecule has 0 aliphatic heterocycles. The Balaban J connectivity index is 2.16. The number of ether oxygens (including phenoxy) is 1. The number of aliphatic hydroxyl groups excluding tert-OH is 1. The highest BCUT2D eigenvalue weighted by atomic mass is 16.5. The van der Waals surface area contributed by atoms with Gasteiger partial charge in [-0.25, -0.2) is 4.79 Å². The molecule has 2 amide bonds. The summed E-state index contributed by atoms with van der Waals surface area (Å²) in [5, 5.41) is 12.8. The van der Waals surface area contributed by atoms with Gasteiger partial charge in [0.2, 0.25) is 0 Å². The lowest BCUT2D eigenvalue weighted by Crippen LogP contribution is -2.52. The Morgan fingerprint density at radius 3 is 2.54 bits per heavy atom. The lowest BCUT2D eigenvalue weighted by atomic mass is 9.91. The van der Waals surface area contributed by atoms with Crippen LogP contribution in [-0.2, 0) is 6.54 Å². The molecule has 5 nitrogen and oxygen atoms in total. The Morgan fingerprint density at radius 1 is 1.29 bits per heavy atom. The summed E-state index contributed by atoms with van der Waals surface area (Å²) in [6.45, 7) is 6.50. The highest BCUT2D eigenvalue weighted by molar-refractivity contribution is 5.75. The lowest BCUT2D eigenvalue weighted by Gasteiger charge is -2.37. The van der Waals surface area contributed by atoms with Crippen molar-refractivity contribution in [2.75, 3.05) is 7.11 Å². The van der Waals surface area contributed by atoms with Crippen LogP contribution in [0.5, 0.6) is 5.75 Å². The van der Waals surface area contributed by atoms with Crippen molar-refractivity contribution >= 4 is 6.03 Å². The number of aliphatic hydroxyl groups is 1. The van der Waals surface area contributed by atoms with E-state index in [1.54, 1.807) is 7.11 Å². The number of urea groups is 1. The summed E-state index contributed by atoms with van der Waals surface area (Å²) in [5.41, 5.74) is 0.766. The third-order valence-electron chi connectivity index (χ3n) is 4.34. The molecule has 0 atom stereocenters.